The Morgan fingerprint density at radius 1 is 1.04 bits per heavy atom. The Morgan fingerprint density at radius 3 is 2.60 bits per heavy atom. The summed E-state index contributed by atoms with van der Waals surface area (Å²) in [5.41, 5.74) is 8.02. The van der Waals surface area contributed by atoms with E-state index in [0.29, 0.717) is 21.4 Å². The fraction of sp³-hybridized carbons (Fsp3) is 0.0500. The third kappa shape index (κ3) is 2.51. The maximum Gasteiger partial charge on any atom is 0.205 e. The highest BCUT2D eigenvalue weighted by molar-refractivity contribution is 6.35. The van der Waals surface area contributed by atoms with Gasteiger partial charge in [-0.15, -0.1) is 0 Å². The minimum atomic E-state index is -0.412. The maximum absolute atomic E-state index is 9.70. The first-order chi connectivity index (χ1) is 12.1. The molecule has 0 aliphatic carbocycles. The Kier molecular flexibility index (Phi) is 3.80. The summed E-state index contributed by atoms with van der Waals surface area (Å²) in [5.74, 6) is 0.317. The van der Waals surface area contributed by atoms with Gasteiger partial charge in [0, 0.05) is 15.6 Å². The first kappa shape index (κ1) is 15.8. The molecule has 0 bridgehead atoms. The molecule has 2 N–H and O–H groups in total. The second-order valence-electron chi connectivity index (χ2n) is 5.79. The van der Waals surface area contributed by atoms with Crippen molar-refractivity contribution in [3.05, 3.63) is 87.2 Å². The smallest absolute Gasteiger partial charge is 0.205 e. The Hall–Kier alpha value is -2.67. The van der Waals surface area contributed by atoms with Crippen LogP contribution >= 0.6 is 23.2 Å². The molecule has 3 aromatic carbocycles. The number of halogens is 2. The van der Waals surface area contributed by atoms with Crippen LogP contribution in [0.1, 0.15) is 17.0 Å². The van der Waals surface area contributed by atoms with Crippen molar-refractivity contribution in [1.29, 1.82) is 5.26 Å². The fourth-order valence-electron chi connectivity index (χ4n) is 3.29. The summed E-state index contributed by atoms with van der Waals surface area (Å²) in [6.45, 7) is 0. The number of fused-ring (bicyclic) bond motifs is 3. The third-order valence-corrected chi connectivity index (χ3v) is 4.95. The van der Waals surface area contributed by atoms with Crippen molar-refractivity contribution in [2.24, 2.45) is 5.73 Å². The predicted molar refractivity (Wildman–Crippen MR) is 99.7 cm³/mol. The molecule has 0 amide bonds. The molecule has 1 unspecified atom stereocenters. The second-order valence-corrected chi connectivity index (χ2v) is 6.63. The van der Waals surface area contributed by atoms with Crippen molar-refractivity contribution < 1.29 is 4.74 Å². The van der Waals surface area contributed by atoms with Crippen molar-refractivity contribution in [2.75, 3.05) is 0 Å². The molecule has 5 heteroatoms. The molecule has 0 spiro atoms. The van der Waals surface area contributed by atoms with Gasteiger partial charge in [-0.1, -0.05) is 59.6 Å². The van der Waals surface area contributed by atoms with Crippen LogP contribution in [0.5, 0.6) is 5.75 Å². The lowest BCUT2D eigenvalue weighted by Crippen LogP contribution is -2.21. The number of allylic oxidation sites excluding steroid dienone is 1. The summed E-state index contributed by atoms with van der Waals surface area (Å²) >= 11 is 12.5. The van der Waals surface area contributed by atoms with E-state index >= 15 is 0 Å². The Bertz CT molecular complexity index is 1080. The lowest BCUT2D eigenvalue weighted by atomic mass is 9.81. The molecule has 0 radical (unpaired) electrons. The molecule has 0 saturated heterocycles. The molecule has 1 aliphatic heterocycles. The third-order valence-electron chi connectivity index (χ3n) is 4.39. The van der Waals surface area contributed by atoms with E-state index in [4.69, 9.17) is 33.7 Å². The van der Waals surface area contributed by atoms with E-state index in [2.05, 4.69) is 6.07 Å². The molecule has 3 aromatic rings. The highest BCUT2D eigenvalue weighted by Crippen LogP contribution is 2.47. The molecule has 4 rings (SSSR count). The molecule has 122 valence electrons. The zero-order valence-electron chi connectivity index (χ0n) is 13.0. The van der Waals surface area contributed by atoms with Crippen LogP contribution in [0.15, 0.2) is 66.1 Å². The van der Waals surface area contributed by atoms with Gasteiger partial charge in [-0.05, 0) is 34.5 Å². The van der Waals surface area contributed by atoms with E-state index < -0.39 is 5.92 Å². The Morgan fingerprint density at radius 2 is 1.84 bits per heavy atom. The van der Waals surface area contributed by atoms with Crippen molar-refractivity contribution in [3.63, 3.8) is 0 Å². The SMILES string of the molecule is N#CC1=C(N)Oc2ccc3ccccc3c2C1c1ccc(Cl)cc1Cl. The quantitative estimate of drug-likeness (QED) is 0.630. The van der Waals surface area contributed by atoms with Crippen LogP contribution in [0.2, 0.25) is 10.0 Å². The number of nitrogens with two attached hydrogens (primary N) is 1. The molecule has 3 nitrogen and oxygen atoms in total. The van der Waals surface area contributed by atoms with E-state index in [0.717, 1.165) is 21.9 Å². The van der Waals surface area contributed by atoms with Crippen LogP contribution in [0, 0.1) is 11.3 Å². The molecular weight excluding hydrogens is 355 g/mol. The molecule has 0 aromatic heterocycles. The molecule has 25 heavy (non-hydrogen) atoms. The number of benzene rings is 3. The monoisotopic (exact) mass is 366 g/mol. The summed E-state index contributed by atoms with van der Waals surface area (Å²) in [7, 11) is 0. The fourth-order valence-corrected chi connectivity index (χ4v) is 3.81. The first-order valence-corrected chi connectivity index (χ1v) is 8.40. The van der Waals surface area contributed by atoms with Gasteiger partial charge < -0.3 is 10.5 Å². The summed E-state index contributed by atoms with van der Waals surface area (Å²) in [4.78, 5) is 0. The topological polar surface area (TPSA) is 59.0 Å². The zero-order valence-corrected chi connectivity index (χ0v) is 14.5. The van der Waals surface area contributed by atoms with E-state index in [1.165, 1.54) is 0 Å². The standard InChI is InChI=1S/C20H12Cl2N2O/c21-12-6-7-14(16(22)9-12)18-15(10-23)20(24)25-17-8-5-11-3-1-2-4-13(11)19(17)18/h1-9,18H,24H2. The lowest BCUT2D eigenvalue weighted by Gasteiger charge is -2.28. The minimum Gasteiger partial charge on any atom is -0.440 e. The zero-order chi connectivity index (χ0) is 17.6. The Balaban J connectivity index is 2.08. The maximum atomic E-state index is 9.70. The van der Waals surface area contributed by atoms with Crippen LogP contribution in [-0.2, 0) is 0 Å². The molecule has 0 fully saturated rings. The minimum absolute atomic E-state index is 0.0984. The van der Waals surface area contributed by atoms with Crippen molar-refractivity contribution in [1.82, 2.24) is 0 Å². The predicted octanol–water partition coefficient (Wildman–Crippen LogP) is 5.36. The van der Waals surface area contributed by atoms with Crippen LogP contribution < -0.4 is 10.5 Å². The number of hydrogen-bond acceptors (Lipinski definition) is 3. The largest absolute Gasteiger partial charge is 0.440 e. The van der Waals surface area contributed by atoms with Crippen LogP contribution in [-0.4, -0.2) is 0 Å². The van der Waals surface area contributed by atoms with Gasteiger partial charge >= 0.3 is 0 Å². The number of nitriles is 1. The van der Waals surface area contributed by atoms with Crippen LogP contribution in [0.4, 0.5) is 0 Å². The Labute approximate surface area is 154 Å². The molecule has 1 atom stereocenters. The summed E-state index contributed by atoms with van der Waals surface area (Å²) < 4.78 is 5.72. The number of ether oxygens (including phenoxy) is 1. The average Bonchev–Trinajstić information content (AvgIpc) is 2.60. The normalized spacial score (nSPS) is 16.3. The summed E-state index contributed by atoms with van der Waals surface area (Å²) in [6, 6.07) is 19.2. The van der Waals surface area contributed by atoms with Gasteiger partial charge in [0.15, 0.2) is 0 Å². The van der Waals surface area contributed by atoms with Gasteiger partial charge in [-0.25, -0.2) is 0 Å². The highest BCUT2D eigenvalue weighted by atomic mass is 35.5. The van der Waals surface area contributed by atoms with Crippen LogP contribution in [0.25, 0.3) is 10.8 Å². The van der Waals surface area contributed by atoms with Crippen molar-refractivity contribution in [3.8, 4) is 11.8 Å². The van der Waals surface area contributed by atoms with E-state index in [-0.39, 0.29) is 5.88 Å². The van der Waals surface area contributed by atoms with E-state index in [1.807, 2.05) is 42.5 Å². The molecule has 1 heterocycles. The summed E-state index contributed by atoms with van der Waals surface area (Å²) in [5, 5.41) is 12.8. The highest BCUT2D eigenvalue weighted by Gasteiger charge is 2.33. The first-order valence-electron chi connectivity index (χ1n) is 7.64. The van der Waals surface area contributed by atoms with Gasteiger partial charge in [0.25, 0.3) is 0 Å². The van der Waals surface area contributed by atoms with Gasteiger partial charge in [-0.3, -0.25) is 0 Å². The average molecular weight is 367 g/mol. The number of hydrogen-bond donors (Lipinski definition) is 1. The second kappa shape index (κ2) is 6.00. The van der Waals surface area contributed by atoms with Crippen LogP contribution in [0.3, 0.4) is 0 Å². The van der Waals surface area contributed by atoms with Gasteiger partial charge in [0.1, 0.15) is 17.4 Å². The van der Waals surface area contributed by atoms with Crippen molar-refractivity contribution in [2.45, 2.75) is 5.92 Å². The molecular formula is C20H12Cl2N2O. The molecule has 1 aliphatic rings. The molecule has 0 saturated carbocycles. The van der Waals surface area contributed by atoms with E-state index in [9.17, 15) is 5.26 Å². The van der Waals surface area contributed by atoms with Gasteiger partial charge in [0.2, 0.25) is 5.88 Å². The van der Waals surface area contributed by atoms with Gasteiger partial charge in [0.05, 0.1) is 5.92 Å². The van der Waals surface area contributed by atoms with Gasteiger partial charge in [-0.2, -0.15) is 5.26 Å². The lowest BCUT2D eigenvalue weighted by molar-refractivity contribution is 0.395. The summed E-state index contributed by atoms with van der Waals surface area (Å²) in [6.07, 6.45) is 0. The van der Waals surface area contributed by atoms with E-state index in [1.54, 1.807) is 12.1 Å². The van der Waals surface area contributed by atoms with Crippen molar-refractivity contribution >= 4 is 34.0 Å². The number of rotatable bonds is 1. The number of nitrogens with zero attached hydrogens (tertiary/aromatic N) is 1.